The van der Waals surface area contributed by atoms with Gasteiger partial charge in [-0.2, -0.15) is 0 Å². The van der Waals surface area contributed by atoms with Crippen LogP contribution in [-0.4, -0.2) is 29.1 Å². The SMILES string of the molecule is CNC(CCc1c(C)[nH]c2ccccc12)C(=O)O. The summed E-state index contributed by atoms with van der Waals surface area (Å²) in [7, 11) is 1.68. The molecule has 1 heterocycles. The molecule has 0 aliphatic rings. The van der Waals surface area contributed by atoms with Crippen LogP contribution in [0.15, 0.2) is 24.3 Å². The molecule has 0 bridgehead atoms. The molecule has 3 N–H and O–H groups in total. The lowest BCUT2D eigenvalue weighted by molar-refractivity contribution is -0.139. The minimum Gasteiger partial charge on any atom is -0.480 e. The van der Waals surface area contributed by atoms with Crippen LogP contribution in [0.2, 0.25) is 0 Å². The average Bonchev–Trinajstić information content (AvgIpc) is 2.66. The lowest BCUT2D eigenvalue weighted by atomic mass is 10.0. The number of carboxylic acid groups (broad SMARTS) is 1. The highest BCUT2D eigenvalue weighted by molar-refractivity contribution is 5.84. The molecule has 2 aromatic rings. The smallest absolute Gasteiger partial charge is 0.320 e. The Balaban J connectivity index is 2.21. The van der Waals surface area contributed by atoms with E-state index >= 15 is 0 Å². The highest BCUT2D eigenvalue weighted by atomic mass is 16.4. The number of hydrogen-bond donors (Lipinski definition) is 3. The molecular weight excluding hydrogens is 228 g/mol. The molecule has 1 unspecified atom stereocenters. The van der Waals surface area contributed by atoms with Crippen molar-refractivity contribution in [3.05, 3.63) is 35.5 Å². The number of aliphatic carboxylic acids is 1. The number of fused-ring (bicyclic) bond motifs is 1. The molecule has 0 saturated heterocycles. The van der Waals surface area contributed by atoms with Gasteiger partial charge in [-0.15, -0.1) is 0 Å². The monoisotopic (exact) mass is 246 g/mol. The molecule has 0 saturated carbocycles. The van der Waals surface area contributed by atoms with Crippen LogP contribution < -0.4 is 5.32 Å². The van der Waals surface area contributed by atoms with E-state index in [1.54, 1.807) is 7.05 Å². The van der Waals surface area contributed by atoms with Crippen molar-refractivity contribution in [1.29, 1.82) is 0 Å². The summed E-state index contributed by atoms with van der Waals surface area (Å²) in [5.41, 5.74) is 3.45. The first-order valence-corrected chi connectivity index (χ1v) is 6.09. The Kier molecular flexibility index (Phi) is 3.67. The number of aryl methyl sites for hydroxylation is 2. The van der Waals surface area contributed by atoms with E-state index in [4.69, 9.17) is 5.11 Å². The lowest BCUT2D eigenvalue weighted by Crippen LogP contribution is -2.34. The topological polar surface area (TPSA) is 65.1 Å². The quantitative estimate of drug-likeness (QED) is 0.756. The Morgan fingerprint density at radius 3 is 2.83 bits per heavy atom. The van der Waals surface area contributed by atoms with E-state index in [2.05, 4.69) is 16.4 Å². The third-order valence-corrected chi connectivity index (χ3v) is 3.36. The van der Waals surface area contributed by atoms with E-state index in [0.29, 0.717) is 6.42 Å². The minimum atomic E-state index is -0.796. The van der Waals surface area contributed by atoms with Gasteiger partial charge in [-0.1, -0.05) is 18.2 Å². The Labute approximate surface area is 106 Å². The van der Waals surface area contributed by atoms with E-state index in [9.17, 15) is 4.79 Å². The normalized spacial score (nSPS) is 12.8. The van der Waals surface area contributed by atoms with Crippen molar-refractivity contribution in [2.45, 2.75) is 25.8 Å². The number of hydrogen-bond acceptors (Lipinski definition) is 2. The number of carbonyl (C=O) groups is 1. The summed E-state index contributed by atoms with van der Waals surface area (Å²) < 4.78 is 0. The van der Waals surface area contributed by atoms with Crippen LogP contribution in [0.3, 0.4) is 0 Å². The lowest BCUT2D eigenvalue weighted by Gasteiger charge is -2.10. The zero-order valence-electron chi connectivity index (χ0n) is 10.7. The van der Waals surface area contributed by atoms with Gasteiger partial charge in [-0.05, 0) is 38.4 Å². The van der Waals surface area contributed by atoms with Crippen LogP contribution in [0.4, 0.5) is 0 Å². The average molecular weight is 246 g/mol. The number of nitrogens with one attached hydrogen (secondary N) is 2. The fourth-order valence-electron chi connectivity index (χ4n) is 2.34. The summed E-state index contributed by atoms with van der Waals surface area (Å²) >= 11 is 0. The largest absolute Gasteiger partial charge is 0.480 e. The van der Waals surface area contributed by atoms with Crippen LogP contribution in [0.1, 0.15) is 17.7 Å². The van der Waals surface area contributed by atoms with Gasteiger partial charge >= 0.3 is 5.97 Å². The molecule has 0 amide bonds. The number of aromatic nitrogens is 1. The highest BCUT2D eigenvalue weighted by Gasteiger charge is 2.16. The molecule has 4 nitrogen and oxygen atoms in total. The minimum absolute atomic E-state index is 0.488. The second kappa shape index (κ2) is 5.23. The predicted molar refractivity (Wildman–Crippen MR) is 71.8 cm³/mol. The Morgan fingerprint density at radius 1 is 1.44 bits per heavy atom. The van der Waals surface area contributed by atoms with Gasteiger partial charge in [-0.3, -0.25) is 4.79 Å². The molecule has 0 radical (unpaired) electrons. The summed E-state index contributed by atoms with van der Waals surface area (Å²) in [5.74, 6) is -0.796. The van der Waals surface area contributed by atoms with Gasteiger partial charge in [0.1, 0.15) is 6.04 Å². The van der Waals surface area contributed by atoms with Crippen LogP contribution >= 0.6 is 0 Å². The number of rotatable bonds is 5. The van der Waals surface area contributed by atoms with Crippen LogP contribution in [-0.2, 0) is 11.2 Å². The number of carboxylic acids is 1. The molecule has 0 aliphatic heterocycles. The maximum Gasteiger partial charge on any atom is 0.320 e. The van der Waals surface area contributed by atoms with E-state index in [-0.39, 0.29) is 0 Å². The maximum absolute atomic E-state index is 11.0. The second-order valence-corrected chi connectivity index (χ2v) is 4.49. The number of para-hydroxylation sites is 1. The zero-order valence-corrected chi connectivity index (χ0v) is 10.7. The standard InChI is InChI=1S/C14H18N2O2/c1-9-10(7-8-13(15-2)14(17)18)11-5-3-4-6-12(11)16-9/h3-6,13,15-16H,7-8H2,1-2H3,(H,17,18). The third-order valence-electron chi connectivity index (χ3n) is 3.36. The van der Waals surface area contributed by atoms with Gasteiger partial charge in [-0.25, -0.2) is 0 Å². The van der Waals surface area contributed by atoms with E-state index in [1.165, 1.54) is 10.9 Å². The third kappa shape index (κ3) is 2.38. The van der Waals surface area contributed by atoms with Crippen molar-refractivity contribution in [1.82, 2.24) is 10.3 Å². The molecule has 4 heteroatoms. The maximum atomic E-state index is 11.0. The number of aromatic amines is 1. The first-order chi connectivity index (χ1) is 8.63. The molecule has 0 aliphatic carbocycles. The van der Waals surface area contributed by atoms with Gasteiger partial charge in [0.2, 0.25) is 0 Å². The number of likely N-dealkylation sites (N-methyl/N-ethyl adjacent to an activating group) is 1. The summed E-state index contributed by atoms with van der Waals surface area (Å²) in [6.45, 7) is 2.03. The van der Waals surface area contributed by atoms with E-state index in [1.807, 2.05) is 25.1 Å². The van der Waals surface area contributed by atoms with Gasteiger partial charge in [0.05, 0.1) is 0 Å². The molecule has 1 atom stereocenters. The Hall–Kier alpha value is -1.81. The summed E-state index contributed by atoms with van der Waals surface area (Å²) in [6, 6.07) is 7.63. The Bertz CT molecular complexity index is 560. The van der Waals surface area contributed by atoms with Gasteiger partial charge in [0.15, 0.2) is 0 Å². The summed E-state index contributed by atoms with van der Waals surface area (Å²) in [5, 5.41) is 13.0. The van der Waals surface area contributed by atoms with Crippen LogP contribution in [0.25, 0.3) is 10.9 Å². The molecular formula is C14H18N2O2. The zero-order chi connectivity index (χ0) is 13.1. The van der Waals surface area contributed by atoms with Crippen LogP contribution in [0.5, 0.6) is 0 Å². The molecule has 0 fully saturated rings. The van der Waals surface area contributed by atoms with E-state index < -0.39 is 12.0 Å². The summed E-state index contributed by atoms with van der Waals surface area (Å²) in [6.07, 6.45) is 1.35. The molecule has 0 spiro atoms. The van der Waals surface area contributed by atoms with Crippen LogP contribution in [0, 0.1) is 6.92 Å². The molecule has 96 valence electrons. The molecule has 18 heavy (non-hydrogen) atoms. The van der Waals surface area contributed by atoms with Gasteiger partial charge in [0, 0.05) is 16.6 Å². The van der Waals surface area contributed by atoms with Crippen molar-refractivity contribution in [2.24, 2.45) is 0 Å². The molecule has 1 aromatic heterocycles. The highest BCUT2D eigenvalue weighted by Crippen LogP contribution is 2.23. The van der Waals surface area contributed by atoms with Crippen molar-refractivity contribution in [3.63, 3.8) is 0 Å². The van der Waals surface area contributed by atoms with E-state index in [0.717, 1.165) is 17.6 Å². The predicted octanol–water partition coefficient (Wildman–Crippen LogP) is 2.08. The first kappa shape index (κ1) is 12.6. The van der Waals surface area contributed by atoms with Crippen molar-refractivity contribution in [2.75, 3.05) is 7.05 Å². The van der Waals surface area contributed by atoms with Crippen molar-refractivity contribution >= 4 is 16.9 Å². The van der Waals surface area contributed by atoms with Gasteiger partial charge in [0.25, 0.3) is 0 Å². The molecule has 1 aromatic carbocycles. The fourth-order valence-corrected chi connectivity index (χ4v) is 2.34. The fraction of sp³-hybridized carbons (Fsp3) is 0.357. The number of benzene rings is 1. The number of H-pyrrole nitrogens is 1. The van der Waals surface area contributed by atoms with Gasteiger partial charge < -0.3 is 15.4 Å². The Morgan fingerprint density at radius 2 is 2.17 bits per heavy atom. The molecule has 2 rings (SSSR count). The summed E-state index contributed by atoms with van der Waals surface area (Å²) in [4.78, 5) is 14.3. The second-order valence-electron chi connectivity index (χ2n) is 4.49. The van der Waals surface area contributed by atoms with Crippen molar-refractivity contribution in [3.8, 4) is 0 Å². The first-order valence-electron chi connectivity index (χ1n) is 6.09. The van der Waals surface area contributed by atoms with Crippen molar-refractivity contribution < 1.29 is 9.90 Å².